The summed E-state index contributed by atoms with van der Waals surface area (Å²) in [6.07, 6.45) is 3.39. The predicted octanol–water partition coefficient (Wildman–Crippen LogP) is 13.7. The van der Waals surface area contributed by atoms with Gasteiger partial charge in [0.25, 0.3) is 0 Å². The van der Waals surface area contributed by atoms with Crippen molar-refractivity contribution in [2.24, 2.45) is 36.8 Å². The number of aryl methyl sites for hydroxylation is 4. The molecule has 0 saturated carbocycles. The van der Waals surface area contributed by atoms with E-state index >= 15 is 17.6 Å². The molecule has 26 heteroatoms. The molecule has 0 radical (unpaired) electrons. The molecular formula is C76H84F4N8O12S2. The van der Waals surface area contributed by atoms with Crippen molar-refractivity contribution >= 4 is 53.4 Å². The van der Waals surface area contributed by atoms with Gasteiger partial charge in [-0.05, 0) is 117 Å². The van der Waals surface area contributed by atoms with Gasteiger partial charge in [-0.2, -0.15) is 10.2 Å². The number of nitrogens with one attached hydrogen (secondary N) is 2. The maximum atomic E-state index is 15.8. The molecule has 4 atom stereocenters. The summed E-state index contributed by atoms with van der Waals surface area (Å²) in [5.41, 5.74) is -3.21. The van der Waals surface area contributed by atoms with Crippen LogP contribution < -0.4 is 9.47 Å². The molecule has 4 unspecified atom stereocenters. The van der Waals surface area contributed by atoms with Crippen LogP contribution in [0.15, 0.2) is 122 Å². The first-order valence-electron chi connectivity index (χ1n) is 36.1. The van der Waals surface area contributed by atoms with Crippen LogP contribution in [0.25, 0.3) is 44.6 Å². The summed E-state index contributed by atoms with van der Waals surface area (Å²) in [6.45, 7) is 4.78. The molecule has 6 heterocycles. The van der Waals surface area contributed by atoms with Gasteiger partial charge in [0, 0.05) is 90.6 Å². The summed E-state index contributed by atoms with van der Waals surface area (Å²) in [5.74, 6) is -8.00. The third-order valence-corrected chi connectivity index (χ3v) is 22.1. The Morgan fingerprint density at radius 3 is 1.45 bits per heavy atom. The van der Waals surface area contributed by atoms with Crippen molar-refractivity contribution < 1.29 is 81.0 Å². The van der Waals surface area contributed by atoms with E-state index in [2.05, 4.69) is 30.1 Å². The van der Waals surface area contributed by atoms with Crippen LogP contribution in [-0.2, 0) is 94.1 Å². The van der Waals surface area contributed by atoms with Crippen molar-refractivity contribution in [2.45, 2.75) is 98.7 Å². The fourth-order valence-electron chi connectivity index (χ4n) is 13.0. The van der Waals surface area contributed by atoms with Gasteiger partial charge < -0.3 is 38.8 Å². The van der Waals surface area contributed by atoms with Crippen molar-refractivity contribution in [2.75, 3.05) is 56.0 Å². The minimum absolute atomic E-state index is 0.0109. The number of esters is 1. The second-order valence-corrected chi connectivity index (χ2v) is 32.3. The number of aromatic nitrogens is 8. The van der Waals surface area contributed by atoms with Gasteiger partial charge in [0.15, 0.2) is 66.1 Å². The summed E-state index contributed by atoms with van der Waals surface area (Å²) in [6, 6.07) is 26.4. The molecule has 102 heavy (non-hydrogen) atoms. The van der Waals surface area contributed by atoms with E-state index in [0.717, 1.165) is 12.1 Å². The lowest BCUT2D eigenvalue weighted by molar-refractivity contribution is -0.147. The first-order valence-corrected chi connectivity index (χ1v) is 36.8. The second kappa shape index (κ2) is 29.2. The van der Waals surface area contributed by atoms with Crippen LogP contribution in [0, 0.1) is 45.9 Å². The number of H-pyrrole nitrogens is 2. The molecule has 4 aromatic heterocycles. The predicted molar refractivity (Wildman–Crippen MR) is 379 cm³/mol. The van der Waals surface area contributed by atoms with Gasteiger partial charge in [-0.3, -0.25) is 9.59 Å². The monoisotopic (exact) mass is 1450 g/mol. The number of sulfone groups is 2. The number of ether oxygens (including phenoxy) is 5. The molecule has 0 spiro atoms. The zero-order chi connectivity index (χ0) is 78.4. The smallest absolute Gasteiger partial charge is 0.308 e. The lowest BCUT2D eigenvalue weighted by Gasteiger charge is -2.31. The number of carboxylic acids is 1. The Bertz CT molecular complexity index is 5300. The Balaban J connectivity index is 0.000000215. The highest BCUT2D eigenvalue weighted by atomic mass is 32.2. The molecule has 2 aliphatic heterocycles. The Kier molecular flexibility index (Phi) is 18.9. The molecule has 0 saturated heterocycles. The van der Waals surface area contributed by atoms with E-state index in [1.807, 2.05) is 0 Å². The van der Waals surface area contributed by atoms with Crippen molar-refractivity contribution in [1.29, 1.82) is 0 Å². The molecule has 12 rings (SSSR count). The minimum atomic E-state index is -3.81. The first kappa shape index (κ1) is 66.0. The molecule has 0 fully saturated rings. The molecule has 0 amide bonds. The molecule has 10 aromatic rings. The molecule has 0 aliphatic carbocycles. The number of carboxylic acid groups (broad SMARTS) is 1. The van der Waals surface area contributed by atoms with Gasteiger partial charge in [-0.25, -0.2) is 53.7 Å². The Morgan fingerprint density at radius 2 is 1.04 bits per heavy atom. The highest BCUT2D eigenvalue weighted by molar-refractivity contribution is 7.91. The summed E-state index contributed by atoms with van der Waals surface area (Å²) in [7, 11) is -4.65. The number of aliphatic carboxylic acids is 1. The highest BCUT2D eigenvalue weighted by Crippen LogP contribution is 2.42. The van der Waals surface area contributed by atoms with Gasteiger partial charge in [-0.1, -0.05) is 90.1 Å². The van der Waals surface area contributed by atoms with Gasteiger partial charge in [0.05, 0.1) is 89.8 Å². The maximum Gasteiger partial charge on any atom is 0.308 e. The lowest BCUT2D eigenvalue weighted by atomic mass is 9.81. The van der Waals surface area contributed by atoms with E-state index in [1.165, 1.54) is 66.8 Å². The first-order chi connectivity index (χ1) is 50.6. The Labute approximate surface area is 598 Å². The van der Waals surface area contributed by atoms with Gasteiger partial charge in [0.1, 0.15) is 23.1 Å². The zero-order valence-electron chi connectivity index (χ0n) is 63.8. The van der Waals surface area contributed by atoms with Gasteiger partial charge in [0.2, 0.25) is 0 Å². The van der Waals surface area contributed by atoms with Crippen LogP contribution >= 0.6 is 0 Å². The summed E-state index contributed by atoms with van der Waals surface area (Å²) < 4.78 is 203. The van der Waals surface area contributed by atoms with Crippen LogP contribution in [0.2, 0.25) is 0 Å². The number of carbonyl (C=O) groups is 2. The molecule has 3 N–H and O–H groups in total. The minimum Gasteiger partial charge on any atom is -0.481 e. The Hall–Kier alpha value is -9.24. The van der Waals surface area contributed by atoms with Gasteiger partial charge >= 0.3 is 11.9 Å². The molecular weight excluding hydrogens is 1360 g/mol. The number of halogens is 4. The number of benzene rings is 6. The third-order valence-electron chi connectivity index (χ3n) is 18.0. The molecule has 2 aliphatic rings. The highest BCUT2D eigenvalue weighted by Gasteiger charge is 2.40. The fourth-order valence-corrected chi connectivity index (χ4v) is 16.9. The van der Waals surface area contributed by atoms with E-state index in [4.69, 9.17) is 31.9 Å². The van der Waals surface area contributed by atoms with Crippen molar-refractivity contribution in [3.05, 3.63) is 190 Å². The quantitative estimate of drug-likeness (QED) is 0.0896. The number of rotatable bonds is 9. The van der Waals surface area contributed by atoms with Crippen molar-refractivity contribution in [3.63, 3.8) is 0 Å². The van der Waals surface area contributed by atoms with Crippen LogP contribution in [0.1, 0.15) is 115 Å². The fraction of sp³-hybridized carbons (Fsp3) is 0.395. The second-order valence-electron chi connectivity index (χ2n) is 28.0. The largest absolute Gasteiger partial charge is 0.481 e. The summed E-state index contributed by atoms with van der Waals surface area (Å²) in [4.78, 5) is 39.4. The van der Waals surface area contributed by atoms with E-state index in [-0.39, 0.29) is 137 Å². The van der Waals surface area contributed by atoms with E-state index in [0.29, 0.717) is 44.1 Å². The standard InChI is InChI=1S/C39H44F2N4O6S.C37H40F2N4O6S/c1-7-50-36(46)24(2)17-25-9-8-10-26(18-25)39(5)22-49-21-38(3,4)23-52(47,48)16-14-29-28-13-15-42-33(28)20-32(41)34(29)51-27-11-12-31(40)30(19-27)35-43-37(39)44-45(35)6;1-22(34(44)45)15-23-7-6-8-24(16-23)37(4)20-48-19-36(2,3)21-50(46,47)14-12-27-26-11-13-40-31(26)18-30(39)32(27)49-25-9-10-29(38)28(17-25)33-41-35(37)42-43(33)5/h8-13,15,18-20,24,42H,7,14,16-17,21-23H2,1-6H3;6-11,13,16-18,22,40H,12,14-15,19-21H2,1-5H3,(H,44,45)/i5D3;4D3. The summed E-state index contributed by atoms with van der Waals surface area (Å²) in [5, 5.41) is 19.8. The topological polar surface area (TPSA) is 262 Å². The molecule has 8 bridgehead atoms. The average Bonchev–Trinajstić information content (AvgIpc) is 1.56. The number of aromatic amines is 2. The number of fused-ring (bicyclic) bond motifs is 16. The average molecular weight is 1450 g/mol. The third kappa shape index (κ3) is 16.3. The maximum absolute atomic E-state index is 15.8. The Morgan fingerprint density at radius 1 is 0.608 bits per heavy atom. The normalized spacial score (nSPS) is 20.8. The number of carbonyl (C=O) groups excluding carboxylic acids is 1. The van der Waals surface area contributed by atoms with Gasteiger partial charge in [-0.15, -0.1) is 0 Å². The molecule has 6 aromatic carbocycles. The van der Waals surface area contributed by atoms with E-state index in [1.54, 1.807) is 115 Å². The lowest BCUT2D eigenvalue weighted by Crippen LogP contribution is -2.36. The van der Waals surface area contributed by atoms with Crippen LogP contribution in [0.5, 0.6) is 23.0 Å². The van der Waals surface area contributed by atoms with Crippen LogP contribution in [-0.4, -0.2) is 129 Å². The summed E-state index contributed by atoms with van der Waals surface area (Å²) >= 11 is 0. The zero-order valence-corrected chi connectivity index (χ0v) is 59.5. The molecule has 20 nitrogen and oxygen atoms in total. The number of hydrogen-bond donors (Lipinski definition) is 3. The van der Waals surface area contributed by atoms with Crippen molar-refractivity contribution in [3.8, 4) is 45.8 Å². The number of hydrogen-bond acceptors (Lipinski definition) is 15. The number of nitrogens with zero attached hydrogens (tertiary/aromatic N) is 6. The molecule has 540 valence electrons. The van der Waals surface area contributed by atoms with E-state index < -0.39 is 115 Å². The van der Waals surface area contributed by atoms with Crippen LogP contribution in [0.4, 0.5) is 17.6 Å². The van der Waals surface area contributed by atoms with Crippen LogP contribution in [0.3, 0.4) is 0 Å². The van der Waals surface area contributed by atoms with Crippen molar-refractivity contribution in [1.82, 2.24) is 39.5 Å². The van der Waals surface area contributed by atoms with E-state index in [9.17, 15) is 31.5 Å². The SMILES string of the molecule is [2H]C([2H])([2H])C1(c2cccc(CC(C)C(=O)O)c2)COCC(C)(C)CS(=O)(=O)CCc2c(c(F)cc3[nH]ccc23)Oc2ccc(F)c(c2)-c2nc1nn2C.[2H]C([2H])([2H])C1(c2cccc(CC(C)C(=O)OCC)c2)COCC(C)(C)CS(=O)(=O)CCc2c(c(F)cc3[nH]ccc23)Oc2ccc(F)c(c2)-c2nc1nn2C.